The average Bonchev–Trinajstić information content (AvgIpc) is 2.68. The Hall–Kier alpha value is -0.480. The van der Waals surface area contributed by atoms with E-state index in [1.165, 1.54) is 0 Å². The molecule has 2 fully saturated rings. The molecule has 25 heavy (non-hydrogen) atoms. The molecule has 2 aliphatic rings. The number of halogens is 4. The molecule has 0 amide bonds. The van der Waals surface area contributed by atoms with Crippen molar-refractivity contribution in [1.29, 1.82) is 0 Å². The van der Waals surface area contributed by atoms with Crippen molar-refractivity contribution in [2.45, 2.75) is 81.7 Å². The van der Waals surface area contributed by atoms with Gasteiger partial charge in [0.2, 0.25) is 0 Å². The maximum atomic E-state index is 14.3. The molecule has 0 spiro atoms. The molecule has 1 saturated carbocycles. The van der Waals surface area contributed by atoms with Gasteiger partial charge in [-0.2, -0.15) is 13.2 Å². The number of ether oxygens (including phenoxy) is 1. The van der Waals surface area contributed by atoms with Crippen LogP contribution in [-0.4, -0.2) is 30.6 Å². The molecular formula is C18H28ClF3N2O. The Balaban J connectivity index is 2.26. The summed E-state index contributed by atoms with van der Waals surface area (Å²) in [7, 11) is 0. The fourth-order valence-electron chi connectivity index (χ4n) is 4.37. The quantitative estimate of drug-likeness (QED) is 0.571. The fraction of sp³-hybridized carbons (Fsp3) is 0.889. The monoisotopic (exact) mass is 380 g/mol. The highest BCUT2D eigenvalue weighted by molar-refractivity contribution is 6.21. The van der Waals surface area contributed by atoms with Crippen LogP contribution in [0.15, 0.2) is 0 Å². The Bertz CT molecular complexity index is 458. The summed E-state index contributed by atoms with van der Waals surface area (Å²) in [4.78, 5) is 0. The largest absolute Gasteiger partial charge is 0.397 e. The van der Waals surface area contributed by atoms with Crippen molar-refractivity contribution >= 4 is 11.6 Å². The van der Waals surface area contributed by atoms with E-state index in [2.05, 4.69) is 11.2 Å². The van der Waals surface area contributed by atoms with Gasteiger partial charge in [-0.1, -0.05) is 44.4 Å². The zero-order valence-electron chi connectivity index (χ0n) is 14.5. The molecule has 3 nitrogen and oxygen atoms in total. The number of alkyl halides is 4. The van der Waals surface area contributed by atoms with Crippen molar-refractivity contribution in [1.82, 2.24) is 5.32 Å². The van der Waals surface area contributed by atoms with Gasteiger partial charge in [0, 0.05) is 0 Å². The van der Waals surface area contributed by atoms with E-state index < -0.39 is 35.3 Å². The van der Waals surface area contributed by atoms with Crippen LogP contribution < -0.4 is 11.1 Å². The van der Waals surface area contributed by atoms with E-state index in [0.29, 0.717) is 12.8 Å². The molecule has 1 aliphatic carbocycles. The summed E-state index contributed by atoms with van der Waals surface area (Å²) in [5.74, 6) is 1.78. The molecule has 7 heteroatoms. The Morgan fingerprint density at radius 3 is 2.24 bits per heavy atom. The van der Waals surface area contributed by atoms with Crippen LogP contribution in [0.25, 0.3) is 0 Å². The summed E-state index contributed by atoms with van der Waals surface area (Å²) in [5, 5.41) is 1.92. The van der Waals surface area contributed by atoms with Crippen LogP contribution in [0.4, 0.5) is 13.2 Å². The first kappa shape index (κ1) is 20.8. The zero-order chi connectivity index (χ0) is 18.5. The second-order valence-electron chi connectivity index (χ2n) is 7.23. The Labute approximate surface area is 153 Å². The molecule has 1 saturated heterocycles. The Morgan fingerprint density at radius 2 is 1.72 bits per heavy atom. The smallest absolute Gasteiger partial charge is 0.349 e. The van der Waals surface area contributed by atoms with Gasteiger partial charge in [0.1, 0.15) is 12.8 Å². The SMILES string of the molecule is C#CCOC1NC(N)C(C2CCCCCCCC2)(C(F)(F)F)CC1Cl. The summed E-state index contributed by atoms with van der Waals surface area (Å²) in [6.45, 7) is -0.0178. The molecule has 1 heterocycles. The van der Waals surface area contributed by atoms with Gasteiger partial charge in [0.15, 0.2) is 0 Å². The van der Waals surface area contributed by atoms with Gasteiger partial charge in [-0.3, -0.25) is 5.32 Å². The molecule has 3 N–H and O–H groups in total. The second-order valence-corrected chi connectivity index (χ2v) is 7.79. The van der Waals surface area contributed by atoms with Crippen LogP contribution in [-0.2, 0) is 4.74 Å². The topological polar surface area (TPSA) is 47.3 Å². The minimum Gasteiger partial charge on any atom is -0.349 e. The molecular weight excluding hydrogens is 353 g/mol. The van der Waals surface area contributed by atoms with Crippen LogP contribution in [0.2, 0.25) is 0 Å². The van der Waals surface area contributed by atoms with Gasteiger partial charge in [-0.15, -0.1) is 18.0 Å². The number of hydrogen-bond acceptors (Lipinski definition) is 3. The predicted octanol–water partition coefficient (Wildman–Crippen LogP) is 4.15. The number of rotatable bonds is 3. The van der Waals surface area contributed by atoms with Crippen molar-refractivity contribution in [3.63, 3.8) is 0 Å². The van der Waals surface area contributed by atoms with Crippen molar-refractivity contribution in [2.75, 3.05) is 6.61 Å². The minimum absolute atomic E-state index is 0.0178. The van der Waals surface area contributed by atoms with Crippen molar-refractivity contribution in [2.24, 2.45) is 17.1 Å². The number of terminal acetylenes is 1. The summed E-state index contributed by atoms with van der Waals surface area (Å²) in [5.41, 5.74) is 4.04. The lowest BCUT2D eigenvalue weighted by atomic mass is 9.64. The van der Waals surface area contributed by atoms with E-state index in [1.807, 2.05) is 0 Å². The summed E-state index contributed by atoms with van der Waals surface area (Å²) < 4.78 is 48.1. The third-order valence-electron chi connectivity index (χ3n) is 5.72. The van der Waals surface area contributed by atoms with Crippen LogP contribution >= 0.6 is 11.6 Å². The molecule has 0 aromatic rings. The third-order valence-corrected chi connectivity index (χ3v) is 6.10. The Morgan fingerprint density at radius 1 is 1.16 bits per heavy atom. The van der Waals surface area contributed by atoms with Gasteiger partial charge in [-0.05, 0) is 25.2 Å². The molecule has 4 atom stereocenters. The summed E-state index contributed by atoms with van der Waals surface area (Å²) >= 11 is 6.29. The van der Waals surface area contributed by atoms with Crippen molar-refractivity contribution in [3.05, 3.63) is 0 Å². The second kappa shape index (κ2) is 8.94. The molecule has 144 valence electrons. The molecule has 0 radical (unpaired) electrons. The molecule has 4 unspecified atom stereocenters. The highest BCUT2D eigenvalue weighted by Crippen LogP contribution is 2.55. The highest BCUT2D eigenvalue weighted by Gasteiger charge is 2.65. The van der Waals surface area contributed by atoms with Crippen molar-refractivity contribution in [3.8, 4) is 12.3 Å². The van der Waals surface area contributed by atoms with E-state index in [-0.39, 0.29) is 13.0 Å². The first-order chi connectivity index (χ1) is 11.8. The van der Waals surface area contributed by atoms with E-state index in [1.54, 1.807) is 0 Å². The van der Waals surface area contributed by atoms with Gasteiger partial charge in [0.05, 0.1) is 17.0 Å². The zero-order valence-corrected chi connectivity index (χ0v) is 15.2. The number of nitrogens with one attached hydrogen (secondary N) is 1. The number of hydrogen-bond donors (Lipinski definition) is 2. The highest BCUT2D eigenvalue weighted by atomic mass is 35.5. The first-order valence-corrected chi connectivity index (χ1v) is 9.54. The maximum Gasteiger partial charge on any atom is 0.397 e. The van der Waals surface area contributed by atoms with Gasteiger partial charge < -0.3 is 10.5 Å². The molecule has 2 rings (SSSR count). The molecule has 0 bridgehead atoms. The molecule has 1 aliphatic heterocycles. The lowest BCUT2D eigenvalue weighted by Crippen LogP contribution is -2.70. The summed E-state index contributed by atoms with van der Waals surface area (Å²) in [6, 6.07) is 0. The van der Waals surface area contributed by atoms with E-state index in [0.717, 1.165) is 38.5 Å². The normalized spacial score (nSPS) is 36.1. The van der Waals surface area contributed by atoms with Crippen molar-refractivity contribution < 1.29 is 17.9 Å². The fourth-order valence-corrected chi connectivity index (χ4v) is 4.77. The van der Waals surface area contributed by atoms with Crippen LogP contribution in [0.1, 0.15) is 57.8 Å². The molecule has 0 aromatic heterocycles. The summed E-state index contributed by atoms with van der Waals surface area (Å²) in [6.07, 6.45) is 5.29. The Kier molecular flexibility index (Phi) is 7.45. The first-order valence-electron chi connectivity index (χ1n) is 9.10. The van der Waals surface area contributed by atoms with Gasteiger partial charge in [0.25, 0.3) is 0 Å². The number of nitrogens with two attached hydrogens (primary N) is 1. The van der Waals surface area contributed by atoms with Gasteiger partial charge >= 0.3 is 6.18 Å². The lowest BCUT2D eigenvalue weighted by Gasteiger charge is -2.52. The predicted molar refractivity (Wildman–Crippen MR) is 92.9 cm³/mol. The van der Waals surface area contributed by atoms with E-state index >= 15 is 0 Å². The molecule has 0 aromatic carbocycles. The van der Waals surface area contributed by atoms with Crippen LogP contribution in [0.5, 0.6) is 0 Å². The van der Waals surface area contributed by atoms with E-state index in [9.17, 15) is 13.2 Å². The van der Waals surface area contributed by atoms with Crippen LogP contribution in [0.3, 0.4) is 0 Å². The lowest BCUT2D eigenvalue weighted by molar-refractivity contribution is -0.271. The minimum atomic E-state index is -4.43. The number of piperidine rings is 1. The average molecular weight is 381 g/mol. The van der Waals surface area contributed by atoms with Crippen LogP contribution in [0, 0.1) is 23.7 Å². The third kappa shape index (κ3) is 4.63. The maximum absolute atomic E-state index is 14.3. The van der Waals surface area contributed by atoms with Gasteiger partial charge in [-0.25, -0.2) is 0 Å². The standard InChI is InChI=1S/C18H28ClF3N2O/c1-2-11-25-15-14(19)12-17(16(23)24-15,18(20,21)22)13-9-7-5-3-4-6-8-10-13/h1,13-16,24H,3-12,23H2. The van der Waals surface area contributed by atoms with E-state index in [4.69, 9.17) is 28.5 Å².